The van der Waals surface area contributed by atoms with Crippen LogP contribution in [0.1, 0.15) is 24.0 Å². The molecule has 19 heavy (non-hydrogen) atoms. The van der Waals surface area contributed by atoms with Gasteiger partial charge in [0.2, 0.25) is 5.91 Å². The highest BCUT2D eigenvalue weighted by atomic mass is 79.9. The summed E-state index contributed by atoms with van der Waals surface area (Å²) in [4.78, 5) is 24.9. The van der Waals surface area contributed by atoms with Gasteiger partial charge in [0.25, 0.3) is 0 Å². The summed E-state index contributed by atoms with van der Waals surface area (Å²) in [5, 5.41) is 9.13. The van der Waals surface area contributed by atoms with Crippen molar-refractivity contribution in [2.75, 3.05) is 7.05 Å². The normalized spacial score (nSPS) is 15.9. The predicted molar refractivity (Wildman–Crippen MR) is 74.7 cm³/mol. The average Bonchev–Trinajstić information content (AvgIpc) is 3.14. The van der Waals surface area contributed by atoms with Crippen LogP contribution in [0, 0.1) is 12.3 Å². The minimum absolute atomic E-state index is 0.292. The Morgan fingerprint density at radius 2 is 2.05 bits per heavy atom. The van der Waals surface area contributed by atoms with Crippen molar-refractivity contribution in [1.29, 1.82) is 0 Å². The Balaban J connectivity index is 2.13. The smallest absolute Gasteiger partial charge is 0.319 e. The molecule has 1 aliphatic rings. The SMILES string of the molecule is Cc1ccc(Br)cc1CN(C)C(=O)C1(C(=O)O)CC1. The second-order valence-corrected chi connectivity index (χ2v) is 6.03. The minimum atomic E-state index is -1.16. The van der Waals surface area contributed by atoms with Crippen LogP contribution in [0.2, 0.25) is 0 Å². The van der Waals surface area contributed by atoms with E-state index in [0.29, 0.717) is 19.4 Å². The molecule has 2 rings (SSSR count). The maximum absolute atomic E-state index is 12.2. The molecule has 1 saturated carbocycles. The highest BCUT2D eigenvalue weighted by molar-refractivity contribution is 9.10. The number of aryl methyl sites for hydroxylation is 1. The maximum Gasteiger partial charge on any atom is 0.319 e. The van der Waals surface area contributed by atoms with Crippen LogP contribution < -0.4 is 0 Å². The van der Waals surface area contributed by atoms with E-state index >= 15 is 0 Å². The van der Waals surface area contributed by atoms with Crippen molar-refractivity contribution in [2.45, 2.75) is 26.3 Å². The lowest BCUT2D eigenvalue weighted by atomic mass is 10.0. The van der Waals surface area contributed by atoms with Gasteiger partial charge in [-0.2, -0.15) is 0 Å². The number of hydrogen-bond donors (Lipinski definition) is 1. The van der Waals surface area contributed by atoms with Gasteiger partial charge in [-0.15, -0.1) is 0 Å². The molecule has 102 valence electrons. The molecule has 1 aliphatic carbocycles. The second kappa shape index (κ2) is 4.96. The van der Waals surface area contributed by atoms with Gasteiger partial charge in [-0.25, -0.2) is 0 Å². The molecule has 0 radical (unpaired) electrons. The van der Waals surface area contributed by atoms with Crippen LogP contribution in [-0.2, 0) is 16.1 Å². The Hall–Kier alpha value is -1.36. The summed E-state index contributed by atoms with van der Waals surface area (Å²) in [5.74, 6) is -1.30. The van der Waals surface area contributed by atoms with Crippen LogP contribution in [0.25, 0.3) is 0 Å². The van der Waals surface area contributed by atoms with E-state index in [2.05, 4.69) is 15.9 Å². The van der Waals surface area contributed by atoms with Crippen LogP contribution >= 0.6 is 15.9 Å². The Morgan fingerprint density at radius 1 is 1.42 bits per heavy atom. The van der Waals surface area contributed by atoms with Crippen molar-refractivity contribution in [3.05, 3.63) is 33.8 Å². The Morgan fingerprint density at radius 3 is 2.58 bits per heavy atom. The van der Waals surface area contributed by atoms with Crippen molar-refractivity contribution in [2.24, 2.45) is 5.41 Å². The van der Waals surface area contributed by atoms with E-state index < -0.39 is 11.4 Å². The number of rotatable bonds is 4. The molecule has 0 unspecified atom stereocenters. The van der Waals surface area contributed by atoms with Gasteiger partial charge in [-0.3, -0.25) is 9.59 Å². The fraction of sp³-hybridized carbons (Fsp3) is 0.429. The maximum atomic E-state index is 12.2. The van der Waals surface area contributed by atoms with Crippen LogP contribution in [0.5, 0.6) is 0 Å². The number of benzene rings is 1. The summed E-state index contributed by atoms with van der Waals surface area (Å²) in [6.45, 7) is 2.41. The lowest BCUT2D eigenvalue weighted by Gasteiger charge is -2.22. The molecule has 0 heterocycles. The second-order valence-electron chi connectivity index (χ2n) is 5.12. The van der Waals surface area contributed by atoms with E-state index in [9.17, 15) is 9.59 Å². The fourth-order valence-corrected chi connectivity index (χ4v) is 2.56. The van der Waals surface area contributed by atoms with E-state index in [1.807, 2.05) is 25.1 Å². The van der Waals surface area contributed by atoms with Gasteiger partial charge < -0.3 is 10.0 Å². The molecule has 1 aromatic rings. The van der Waals surface area contributed by atoms with E-state index in [1.54, 1.807) is 7.05 Å². The molecule has 4 nitrogen and oxygen atoms in total. The molecule has 0 atom stereocenters. The average molecular weight is 326 g/mol. The molecule has 1 aromatic carbocycles. The van der Waals surface area contributed by atoms with Gasteiger partial charge >= 0.3 is 5.97 Å². The van der Waals surface area contributed by atoms with Crippen LogP contribution in [-0.4, -0.2) is 28.9 Å². The van der Waals surface area contributed by atoms with E-state index in [1.165, 1.54) is 4.90 Å². The molecule has 1 N–H and O–H groups in total. The predicted octanol–water partition coefficient (Wildman–Crippen LogP) is 2.58. The highest BCUT2D eigenvalue weighted by Crippen LogP contribution is 2.47. The number of carboxylic acid groups (broad SMARTS) is 1. The summed E-state index contributed by atoms with van der Waals surface area (Å²) in [7, 11) is 1.66. The van der Waals surface area contributed by atoms with Crippen LogP contribution in [0.4, 0.5) is 0 Å². The number of hydrogen-bond acceptors (Lipinski definition) is 2. The van der Waals surface area contributed by atoms with Gasteiger partial charge in [-0.05, 0) is 43.0 Å². The molecule has 1 amide bonds. The first-order valence-corrected chi connectivity index (χ1v) is 6.90. The van der Waals surface area contributed by atoms with Crippen molar-refractivity contribution in [3.8, 4) is 0 Å². The summed E-state index contributed by atoms with van der Waals surface area (Å²) in [6, 6.07) is 5.88. The third-order valence-electron chi connectivity index (χ3n) is 3.63. The van der Waals surface area contributed by atoms with Crippen molar-refractivity contribution >= 4 is 27.8 Å². The molecule has 5 heteroatoms. The summed E-state index contributed by atoms with van der Waals surface area (Å²) in [6.07, 6.45) is 0.895. The third-order valence-corrected chi connectivity index (χ3v) is 4.13. The number of nitrogens with zero attached hydrogens (tertiary/aromatic N) is 1. The van der Waals surface area contributed by atoms with Gasteiger partial charge in [-0.1, -0.05) is 22.0 Å². The Bertz CT molecular complexity index is 537. The van der Waals surface area contributed by atoms with Crippen molar-refractivity contribution in [1.82, 2.24) is 4.90 Å². The van der Waals surface area contributed by atoms with Gasteiger partial charge in [0.05, 0.1) is 0 Å². The first-order valence-electron chi connectivity index (χ1n) is 6.11. The van der Waals surface area contributed by atoms with E-state index in [0.717, 1.165) is 15.6 Å². The lowest BCUT2D eigenvalue weighted by molar-refractivity contribution is -0.153. The summed E-state index contributed by atoms with van der Waals surface area (Å²) >= 11 is 3.40. The zero-order valence-corrected chi connectivity index (χ0v) is 12.5. The largest absolute Gasteiger partial charge is 0.480 e. The molecular weight excluding hydrogens is 310 g/mol. The number of aliphatic carboxylic acids is 1. The van der Waals surface area contributed by atoms with E-state index in [4.69, 9.17) is 5.11 Å². The molecule has 1 fully saturated rings. The van der Waals surface area contributed by atoms with Crippen molar-refractivity contribution in [3.63, 3.8) is 0 Å². The van der Waals surface area contributed by atoms with Gasteiger partial charge in [0.15, 0.2) is 0 Å². The number of amides is 1. The molecule has 0 aromatic heterocycles. The Kier molecular flexibility index (Phi) is 3.67. The number of carbonyl (C=O) groups is 2. The van der Waals surface area contributed by atoms with E-state index in [-0.39, 0.29) is 5.91 Å². The third kappa shape index (κ3) is 2.66. The quantitative estimate of drug-likeness (QED) is 0.865. The molecule has 0 spiro atoms. The fourth-order valence-electron chi connectivity index (χ4n) is 2.15. The minimum Gasteiger partial charge on any atom is -0.480 e. The molecule has 0 aliphatic heterocycles. The number of carboxylic acids is 1. The molecule has 0 bridgehead atoms. The van der Waals surface area contributed by atoms with Gasteiger partial charge in [0.1, 0.15) is 5.41 Å². The highest BCUT2D eigenvalue weighted by Gasteiger charge is 2.58. The van der Waals surface area contributed by atoms with Crippen molar-refractivity contribution < 1.29 is 14.7 Å². The first kappa shape index (κ1) is 14.1. The van der Waals surface area contributed by atoms with Crippen LogP contribution in [0.15, 0.2) is 22.7 Å². The summed E-state index contributed by atoms with van der Waals surface area (Å²) < 4.78 is 0.952. The number of halogens is 1. The lowest BCUT2D eigenvalue weighted by Crippen LogP contribution is -2.38. The zero-order chi connectivity index (χ0) is 14.2. The first-order chi connectivity index (χ1) is 8.86. The monoisotopic (exact) mass is 325 g/mol. The summed E-state index contributed by atoms with van der Waals surface area (Å²) in [5.41, 5.74) is 0.948. The number of carbonyl (C=O) groups excluding carboxylic acids is 1. The van der Waals surface area contributed by atoms with Crippen LogP contribution in [0.3, 0.4) is 0 Å². The topological polar surface area (TPSA) is 57.6 Å². The standard InChI is InChI=1S/C14H16BrNO3/c1-9-3-4-11(15)7-10(9)8-16(2)12(17)14(5-6-14)13(18)19/h3-4,7H,5-6,8H2,1-2H3,(H,18,19). The molecule has 0 saturated heterocycles. The Labute approximate surface area is 120 Å². The van der Waals surface area contributed by atoms with Gasteiger partial charge in [0, 0.05) is 18.1 Å². The zero-order valence-electron chi connectivity index (χ0n) is 10.9. The molecular formula is C14H16BrNO3.